The van der Waals surface area contributed by atoms with Gasteiger partial charge in [0, 0.05) is 6.42 Å². The Bertz CT molecular complexity index is 591. The fourth-order valence-electron chi connectivity index (χ4n) is 3.14. The minimum Gasteiger partial charge on any atom is -0.390 e. The van der Waals surface area contributed by atoms with Crippen LogP contribution in [-0.4, -0.2) is 10.7 Å². The smallest absolute Gasteiger partial charge is 0.123 e. The van der Waals surface area contributed by atoms with Gasteiger partial charge >= 0.3 is 0 Å². The summed E-state index contributed by atoms with van der Waals surface area (Å²) in [5.41, 5.74) is 1.36. The van der Waals surface area contributed by atoms with E-state index in [9.17, 15) is 9.50 Å². The van der Waals surface area contributed by atoms with E-state index in [-0.39, 0.29) is 11.7 Å². The molecule has 0 amide bonds. The highest BCUT2D eigenvalue weighted by Gasteiger charge is 2.49. The third-order valence-electron chi connectivity index (χ3n) is 4.27. The molecular formula is C18H19FO. The maximum Gasteiger partial charge on any atom is 0.123 e. The molecule has 1 N–H and O–H groups in total. The number of benzene rings is 2. The molecule has 2 heteroatoms. The topological polar surface area (TPSA) is 20.2 Å². The Morgan fingerprint density at radius 1 is 1.15 bits per heavy atom. The van der Waals surface area contributed by atoms with Gasteiger partial charge < -0.3 is 5.11 Å². The van der Waals surface area contributed by atoms with Crippen molar-refractivity contribution in [3.63, 3.8) is 0 Å². The molecule has 0 bridgehead atoms. The largest absolute Gasteiger partial charge is 0.390 e. The lowest BCUT2D eigenvalue weighted by Gasteiger charge is -2.24. The van der Waals surface area contributed by atoms with Crippen LogP contribution in [0.4, 0.5) is 4.39 Å². The summed E-state index contributed by atoms with van der Waals surface area (Å²) >= 11 is 0. The molecule has 3 rings (SSSR count). The van der Waals surface area contributed by atoms with Gasteiger partial charge in [0.1, 0.15) is 5.82 Å². The lowest BCUT2D eigenvalue weighted by Crippen LogP contribution is -2.30. The molecule has 0 saturated heterocycles. The van der Waals surface area contributed by atoms with Crippen LogP contribution in [0.2, 0.25) is 0 Å². The lowest BCUT2D eigenvalue weighted by molar-refractivity contribution is 0.0350. The van der Waals surface area contributed by atoms with Gasteiger partial charge in [-0.2, -0.15) is 0 Å². The first-order chi connectivity index (χ1) is 9.56. The summed E-state index contributed by atoms with van der Waals surface area (Å²) < 4.78 is 13.2. The maximum absolute atomic E-state index is 13.2. The van der Waals surface area contributed by atoms with E-state index in [4.69, 9.17) is 0 Å². The summed E-state index contributed by atoms with van der Waals surface area (Å²) in [5.74, 6) is 0.446. The van der Waals surface area contributed by atoms with Crippen LogP contribution in [0.3, 0.4) is 0 Å². The van der Waals surface area contributed by atoms with E-state index in [1.807, 2.05) is 31.2 Å². The van der Waals surface area contributed by atoms with Gasteiger partial charge in [0.15, 0.2) is 0 Å². The highest BCUT2D eigenvalue weighted by Crippen LogP contribution is 2.54. The van der Waals surface area contributed by atoms with Crippen LogP contribution in [0.25, 0.3) is 0 Å². The van der Waals surface area contributed by atoms with Gasteiger partial charge in [-0.1, -0.05) is 42.5 Å². The van der Waals surface area contributed by atoms with Crippen molar-refractivity contribution in [3.05, 3.63) is 71.5 Å². The average Bonchev–Trinajstić information content (AvgIpc) is 3.20. The molecule has 3 unspecified atom stereocenters. The van der Waals surface area contributed by atoms with E-state index in [0.29, 0.717) is 12.3 Å². The van der Waals surface area contributed by atoms with Crippen molar-refractivity contribution in [1.82, 2.24) is 0 Å². The molecule has 3 atom stereocenters. The SMILES string of the molecule is CC(O)(Cc1cccc(F)c1)C1CC1c1ccccc1. The Labute approximate surface area is 119 Å². The number of hydrogen-bond acceptors (Lipinski definition) is 1. The number of halogens is 1. The predicted octanol–water partition coefficient (Wildman–Crippen LogP) is 3.92. The van der Waals surface area contributed by atoms with E-state index in [0.717, 1.165) is 12.0 Å². The molecule has 0 radical (unpaired) electrons. The van der Waals surface area contributed by atoms with Crippen LogP contribution in [0.15, 0.2) is 54.6 Å². The van der Waals surface area contributed by atoms with Crippen LogP contribution in [0.5, 0.6) is 0 Å². The lowest BCUT2D eigenvalue weighted by atomic mass is 9.89. The van der Waals surface area contributed by atoms with Crippen LogP contribution in [0.1, 0.15) is 30.4 Å². The highest BCUT2D eigenvalue weighted by atomic mass is 19.1. The van der Waals surface area contributed by atoms with E-state index in [1.165, 1.54) is 17.7 Å². The third-order valence-corrected chi connectivity index (χ3v) is 4.27. The zero-order chi connectivity index (χ0) is 14.2. The molecule has 0 spiro atoms. The van der Waals surface area contributed by atoms with Crippen LogP contribution < -0.4 is 0 Å². The second kappa shape index (κ2) is 5.02. The maximum atomic E-state index is 13.2. The van der Waals surface area contributed by atoms with Crippen molar-refractivity contribution in [3.8, 4) is 0 Å². The summed E-state index contributed by atoms with van der Waals surface area (Å²) in [5, 5.41) is 10.7. The summed E-state index contributed by atoms with van der Waals surface area (Å²) in [6, 6.07) is 16.8. The first-order valence-electron chi connectivity index (χ1n) is 7.08. The van der Waals surface area contributed by atoms with Crippen molar-refractivity contribution in [2.45, 2.75) is 31.3 Å². The van der Waals surface area contributed by atoms with Crippen molar-refractivity contribution in [1.29, 1.82) is 0 Å². The summed E-state index contributed by atoms with van der Waals surface area (Å²) in [6.07, 6.45) is 1.51. The third kappa shape index (κ3) is 2.75. The van der Waals surface area contributed by atoms with Crippen LogP contribution >= 0.6 is 0 Å². The van der Waals surface area contributed by atoms with Gasteiger partial charge in [-0.25, -0.2) is 4.39 Å². The first kappa shape index (κ1) is 13.3. The van der Waals surface area contributed by atoms with E-state index in [2.05, 4.69) is 12.1 Å². The molecule has 1 nitrogen and oxygen atoms in total. The monoisotopic (exact) mass is 270 g/mol. The normalized spacial score (nSPS) is 24.1. The van der Waals surface area contributed by atoms with Crippen molar-refractivity contribution < 1.29 is 9.50 Å². The van der Waals surface area contributed by atoms with Crippen molar-refractivity contribution in [2.75, 3.05) is 0 Å². The summed E-state index contributed by atoms with van der Waals surface area (Å²) in [6.45, 7) is 1.87. The van der Waals surface area contributed by atoms with Crippen LogP contribution in [0, 0.1) is 11.7 Å². The zero-order valence-electron chi connectivity index (χ0n) is 11.6. The fraction of sp³-hybridized carbons (Fsp3) is 0.333. The summed E-state index contributed by atoms with van der Waals surface area (Å²) in [4.78, 5) is 0. The molecule has 1 aliphatic carbocycles. The molecule has 20 heavy (non-hydrogen) atoms. The summed E-state index contributed by atoms with van der Waals surface area (Å²) in [7, 11) is 0. The minimum atomic E-state index is -0.783. The van der Waals surface area contributed by atoms with Gasteiger partial charge in [-0.15, -0.1) is 0 Å². The Balaban J connectivity index is 1.71. The second-order valence-electron chi connectivity index (χ2n) is 6.02. The molecule has 2 aromatic rings. The molecule has 1 saturated carbocycles. The fourth-order valence-corrected chi connectivity index (χ4v) is 3.14. The average molecular weight is 270 g/mol. The Hall–Kier alpha value is -1.67. The Kier molecular flexibility index (Phi) is 3.35. The standard InChI is InChI=1S/C18H19FO/c1-18(20,12-13-6-5-9-15(19)10-13)17-11-16(17)14-7-3-2-4-8-14/h2-10,16-17,20H,11-12H2,1H3. The Morgan fingerprint density at radius 2 is 1.90 bits per heavy atom. The molecule has 0 aliphatic heterocycles. The van der Waals surface area contributed by atoms with Crippen molar-refractivity contribution in [2.24, 2.45) is 5.92 Å². The minimum absolute atomic E-state index is 0.242. The number of rotatable bonds is 4. The number of hydrogen-bond donors (Lipinski definition) is 1. The Morgan fingerprint density at radius 3 is 2.60 bits per heavy atom. The van der Waals surface area contributed by atoms with Crippen LogP contribution in [-0.2, 0) is 6.42 Å². The predicted molar refractivity (Wildman–Crippen MR) is 78.0 cm³/mol. The number of aliphatic hydroxyl groups is 1. The molecule has 1 aliphatic rings. The molecule has 1 fully saturated rings. The molecular weight excluding hydrogens is 251 g/mol. The van der Waals surface area contributed by atoms with Crippen molar-refractivity contribution >= 4 is 0 Å². The van der Waals surface area contributed by atoms with E-state index >= 15 is 0 Å². The zero-order valence-corrected chi connectivity index (χ0v) is 11.6. The molecule has 2 aromatic carbocycles. The quantitative estimate of drug-likeness (QED) is 0.892. The van der Waals surface area contributed by atoms with Gasteiger partial charge in [-0.3, -0.25) is 0 Å². The van der Waals surface area contributed by atoms with E-state index < -0.39 is 5.60 Å². The van der Waals surface area contributed by atoms with Gasteiger partial charge in [-0.05, 0) is 48.4 Å². The van der Waals surface area contributed by atoms with Gasteiger partial charge in [0.25, 0.3) is 0 Å². The molecule has 0 heterocycles. The second-order valence-corrected chi connectivity index (χ2v) is 6.02. The first-order valence-corrected chi connectivity index (χ1v) is 7.08. The van der Waals surface area contributed by atoms with Gasteiger partial charge in [0.05, 0.1) is 5.60 Å². The highest BCUT2D eigenvalue weighted by molar-refractivity contribution is 5.29. The molecule has 104 valence electrons. The van der Waals surface area contributed by atoms with Gasteiger partial charge in [0.2, 0.25) is 0 Å². The van der Waals surface area contributed by atoms with E-state index in [1.54, 1.807) is 6.07 Å². The molecule has 0 aromatic heterocycles.